The van der Waals surface area contributed by atoms with E-state index in [4.69, 9.17) is 0 Å². The molecule has 2 aromatic carbocycles. The molecule has 0 aliphatic carbocycles. The fourth-order valence-corrected chi connectivity index (χ4v) is 5.38. The molecule has 1 fully saturated rings. The van der Waals surface area contributed by atoms with E-state index in [9.17, 15) is 13.2 Å². The number of nitrogens with one attached hydrogen (secondary N) is 1. The lowest BCUT2D eigenvalue weighted by Gasteiger charge is -2.34. The fraction of sp³-hybridized carbons (Fsp3) is 0.292. The molecule has 2 heterocycles. The Balaban J connectivity index is 1.26. The minimum absolute atomic E-state index is 0.00163. The van der Waals surface area contributed by atoms with E-state index in [0.29, 0.717) is 39.0 Å². The second-order valence-electron chi connectivity index (χ2n) is 7.78. The lowest BCUT2D eigenvalue weighted by Crippen LogP contribution is -2.50. The largest absolute Gasteiger partial charge is 0.358 e. The number of piperazine rings is 1. The number of aromatic nitrogens is 1. The molecule has 3 aromatic rings. The number of aryl methyl sites for hydroxylation is 1. The summed E-state index contributed by atoms with van der Waals surface area (Å²) in [6.45, 7) is 1.57. The second kappa shape index (κ2) is 9.49. The standard InChI is InChI=1S/C24H27N3O3S/c28-24(14-12-22-11-13-23(25-22)21-9-5-2-6-10-21)26-15-17-27(18-16-26)31(29,30)19-20-7-3-1-4-8-20/h1-11,13,25H,12,14-19H2. The second-order valence-corrected chi connectivity index (χ2v) is 9.75. The Morgan fingerprint density at radius 3 is 2.16 bits per heavy atom. The minimum Gasteiger partial charge on any atom is -0.358 e. The maximum absolute atomic E-state index is 12.7. The van der Waals surface area contributed by atoms with Gasteiger partial charge >= 0.3 is 0 Å². The molecule has 0 bridgehead atoms. The van der Waals surface area contributed by atoms with Crippen molar-refractivity contribution in [3.8, 4) is 11.3 Å². The summed E-state index contributed by atoms with van der Waals surface area (Å²) >= 11 is 0. The molecule has 0 radical (unpaired) electrons. The van der Waals surface area contributed by atoms with Gasteiger partial charge in [-0.05, 0) is 29.7 Å². The molecule has 1 aliphatic rings. The molecule has 1 N–H and O–H groups in total. The monoisotopic (exact) mass is 437 g/mol. The Morgan fingerprint density at radius 1 is 0.839 bits per heavy atom. The topological polar surface area (TPSA) is 73.5 Å². The first-order valence-corrected chi connectivity index (χ1v) is 12.1. The Morgan fingerprint density at radius 2 is 1.48 bits per heavy atom. The minimum atomic E-state index is -3.37. The number of hydrogen-bond donors (Lipinski definition) is 1. The van der Waals surface area contributed by atoms with Gasteiger partial charge in [0.15, 0.2) is 0 Å². The maximum atomic E-state index is 12.7. The lowest BCUT2D eigenvalue weighted by atomic mass is 10.2. The first kappa shape index (κ1) is 21.3. The van der Waals surface area contributed by atoms with Crippen LogP contribution >= 0.6 is 0 Å². The van der Waals surface area contributed by atoms with Crippen molar-refractivity contribution in [1.29, 1.82) is 0 Å². The number of benzene rings is 2. The van der Waals surface area contributed by atoms with Crippen LogP contribution in [0.25, 0.3) is 11.3 Å². The zero-order valence-corrected chi connectivity index (χ0v) is 18.2. The van der Waals surface area contributed by atoms with Gasteiger partial charge in [-0.3, -0.25) is 4.79 Å². The van der Waals surface area contributed by atoms with Gasteiger partial charge in [0.1, 0.15) is 0 Å². The first-order chi connectivity index (χ1) is 15.0. The van der Waals surface area contributed by atoms with Crippen LogP contribution in [0, 0.1) is 0 Å². The van der Waals surface area contributed by atoms with E-state index < -0.39 is 10.0 Å². The van der Waals surface area contributed by atoms with E-state index in [1.54, 1.807) is 4.90 Å². The zero-order valence-electron chi connectivity index (χ0n) is 17.4. The Kier molecular flexibility index (Phi) is 6.53. The number of carbonyl (C=O) groups is 1. The molecule has 1 aromatic heterocycles. The number of sulfonamides is 1. The smallest absolute Gasteiger partial charge is 0.223 e. The normalized spacial score (nSPS) is 15.2. The van der Waals surface area contributed by atoms with Crippen molar-refractivity contribution in [1.82, 2.24) is 14.2 Å². The van der Waals surface area contributed by atoms with E-state index in [-0.39, 0.29) is 11.7 Å². The van der Waals surface area contributed by atoms with Gasteiger partial charge < -0.3 is 9.88 Å². The molecule has 0 unspecified atom stereocenters. The molecule has 0 saturated carbocycles. The van der Waals surface area contributed by atoms with E-state index in [1.165, 1.54) is 4.31 Å². The molecule has 0 atom stereocenters. The van der Waals surface area contributed by atoms with Gasteiger partial charge in [-0.15, -0.1) is 0 Å². The van der Waals surface area contributed by atoms with E-state index in [1.807, 2.05) is 72.8 Å². The van der Waals surface area contributed by atoms with Crippen LogP contribution in [0.2, 0.25) is 0 Å². The third kappa shape index (κ3) is 5.42. The molecule has 1 saturated heterocycles. The summed E-state index contributed by atoms with van der Waals surface area (Å²) in [4.78, 5) is 17.8. The van der Waals surface area contributed by atoms with Gasteiger partial charge in [-0.25, -0.2) is 8.42 Å². The maximum Gasteiger partial charge on any atom is 0.223 e. The van der Waals surface area contributed by atoms with Crippen molar-refractivity contribution in [2.45, 2.75) is 18.6 Å². The highest BCUT2D eigenvalue weighted by molar-refractivity contribution is 7.88. The number of carbonyl (C=O) groups excluding carboxylic acids is 1. The van der Waals surface area contributed by atoms with Gasteiger partial charge in [0.05, 0.1) is 5.75 Å². The number of H-pyrrole nitrogens is 1. The van der Waals surface area contributed by atoms with Crippen LogP contribution in [0.5, 0.6) is 0 Å². The summed E-state index contributed by atoms with van der Waals surface area (Å²) in [5.41, 5.74) is 3.96. The van der Waals surface area contributed by atoms with Crippen molar-refractivity contribution in [3.63, 3.8) is 0 Å². The van der Waals surface area contributed by atoms with Crippen LogP contribution in [0.4, 0.5) is 0 Å². The predicted octanol–water partition coefficient (Wildman–Crippen LogP) is 3.29. The van der Waals surface area contributed by atoms with Crippen LogP contribution in [0.1, 0.15) is 17.7 Å². The summed E-state index contributed by atoms with van der Waals surface area (Å²) in [5, 5.41) is 0. The van der Waals surface area contributed by atoms with E-state index >= 15 is 0 Å². The number of amides is 1. The third-order valence-corrected chi connectivity index (χ3v) is 7.47. The molecule has 162 valence electrons. The molecular formula is C24H27N3O3S. The van der Waals surface area contributed by atoms with Gasteiger partial charge in [-0.1, -0.05) is 60.7 Å². The number of nitrogens with zero attached hydrogens (tertiary/aromatic N) is 2. The van der Waals surface area contributed by atoms with Crippen molar-refractivity contribution in [2.24, 2.45) is 0 Å². The predicted molar refractivity (Wildman–Crippen MR) is 122 cm³/mol. The molecule has 6 nitrogen and oxygen atoms in total. The van der Waals surface area contributed by atoms with E-state index in [0.717, 1.165) is 22.5 Å². The van der Waals surface area contributed by atoms with Gasteiger partial charge in [0, 0.05) is 44.0 Å². The first-order valence-electron chi connectivity index (χ1n) is 10.5. The number of rotatable bonds is 7. The highest BCUT2D eigenvalue weighted by Gasteiger charge is 2.28. The summed E-state index contributed by atoms with van der Waals surface area (Å²) in [6.07, 6.45) is 1.05. The summed E-state index contributed by atoms with van der Waals surface area (Å²) in [5.74, 6) is 0.0641. The highest BCUT2D eigenvalue weighted by Crippen LogP contribution is 2.19. The highest BCUT2D eigenvalue weighted by atomic mass is 32.2. The van der Waals surface area contributed by atoms with Gasteiger partial charge in [-0.2, -0.15) is 4.31 Å². The SMILES string of the molecule is O=C(CCc1ccc(-c2ccccc2)[nH]1)N1CCN(S(=O)(=O)Cc2ccccc2)CC1. The molecule has 4 rings (SSSR count). The zero-order chi connectivity index (χ0) is 21.7. The average molecular weight is 438 g/mol. The van der Waals surface area contributed by atoms with Gasteiger partial charge in [0.2, 0.25) is 15.9 Å². The molecule has 0 spiro atoms. The number of aromatic amines is 1. The van der Waals surface area contributed by atoms with Crippen LogP contribution in [0.15, 0.2) is 72.8 Å². The Bertz CT molecular complexity index is 1100. The van der Waals surface area contributed by atoms with Crippen LogP contribution < -0.4 is 0 Å². The Labute approximate surface area is 183 Å². The fourth-order valence-electron chi connectivity index (χ4n) is 3.86. The Hall–Kier alpha value is -2.90. The third-order valence-electron chi connectivity index (χ3n) is 5.62. The van der Waals surface area contributed by atoms with Crippen LogP contribution in [-0.2, 0) is 27.0 Å². The molecule has 1 aliphatic heterocycles. The quantitative estimate of drug-likeness (QED) is 0.616. The van der Waals surface area contributed by atoms with Crippen molar-refractivity contribution >= 4 is 15.9 Å². The number of hydrogen-bond acceptors (Lipinski definition) is 3. The van der Waals surface area contributed by atoms with Gasteiger partial charge in [0.25, 0.3) is 0 Å². The summed E-state index contributed by atoms with van der Waals surface area (Å²) in [7, 11) is -3.37. The van der Waals surface area contributed by atoms with Crippen LogP contribution in [0.3, 0.4) is 0 Å². The molecule has 31 heavy (non-hydrogen) atoms. The summed E-state index contributed by atoms with van der Waals surface area (Å²) < 4.78 is 26.9. The van der Waals surface area contributed by atoms with Crippen LogP contribution in [-0.4, -0.2) is 54.7 Å². The lowest BCUT2D eigenvalue weighted by molar-refractivity contribution is -0.132. The van der Waals surface area contributed by atoms with Crippen molar-refractivity contribution in [3.05, 3.63) is 84.1 Å². The van der Waals surface area contributed by atoms with E-state index in [2.05, 4.69) is 4.98 Å². The van der Waals surface area contributed by atoms with Crippen molar-refractivity contribution < 1.29 is 13.2 Å². The average Bonchev–Trinajstić information content (AvgIpc) is 3.28. The molecule has 1 amide bonds. The summed E-state index contributed by atoms with van der Waals surface area (Å²) in [6, 6.07) is 23.3. The molecular weight excluding hydrogens is 410 g/mol. The van der Waals surface area contributed by atoms with Crippen molar-refractivity contribution in [2.75, 3.05) is 26.2 Å². The molecule has 7 heteroatoms.